The average molecular weight is 517 g/mol. The molecule has 1 N–H and O–H groups in total. The summed E-state index contributed by atoms with van der Waals surface area (Å²) in [5.41, 5.74) is 1.12. The van der Waals surface area contributed by atoms with E-state index in [9.17, 15) is 18.0 Å². The van der Waals surface area contributed by atoms with Crippen molar-refractivity contribution in [1.29, 1.82) is 0 Å². The summed E-state index contributed by atoms with van der Waals surface area (Å²) >= 11 is 9.23. The molecular formula is C20H23BrClN3O4S. The van der Waals surface area contributed by atoms with E-state index in [0.29, 0.717) is 10.7 Å². The van der Waals surface area contributed by atoms with Crippen molar-refractivity contribution in [2.24, 2.45) is 0 Å². The van der Waals surface area contributed by atoms with Gasteiger partial charge in [0, 0.05) is 23.1 Å². The first-order chi connectivity index (χ1) is 14.0. The van der Waals surface area contributed by atoms with Crippen LogP contribution in [-0.2, 0) is 26.2 Å². The van der Waals surface area contributed by atoms with Crippen LogP contribution in [0.3, 0.4) is 0 Å². The lowest BCUT2D eigenvalue weighted by atomic mass is 10.1. The Hall–Kier alpha value is -2.10. The van der Waals surface area contributed by atoms with E-state index < -0.39 is 28.5 Å². The molecule has 2 aromatic carbocycles. The lowest BCUT2D eigenvalue weighted by molar-refractivity contribution is -0.139. The number of benzene rings is 2. The number of amides is 2. The number of rotatable bonds is 8. The molecule has 0 saturated heterocycles. The molecule has 0 heterocycles. The van der Waals surface area contributed by atoms with Gasteiger partial charge in [-0.2, -0.15) is 0 Å². The Labute approximate surface area is 190 Å². The number of anilines is 1. The average Bonchev–Trinajstić information content (AvgIpc) is 2.70. The smallest absolute Gasteiger partial charge is 0.244 e. The maximum absolute atomic E-state index is 13.2. The third kappa shape index (κ3) is 6.45. The fraction of sp³-hybridized carbons (Fsp3) is 0.300. The number of hydrogen-bond donors (Lipinski definition) is 1. The van der Waals surface area contributed by atoms with Gasteiger partial charge in [0.2, 0.25) is 21.8 Å². The number of nitrogens with zero attached hydrogens (tertiary/aromatic N) is 2. The van der Waals surface area contributed by atoms with Crippen molar-refractivity contribution in [3.05, 3.63) is 63.6 Å². The molecule has 1 atom stereocenters. The van der Waals surface area contributed by atoms with Crippen LogP contribution in [0.15, 0.2) is 53.0 Å². The molecule has 0 spiro atoms. The van der Waals surface area contributed by atoms with E-state index in [4.69, 9.17) is 11.6 Å². The second kappa shape index (κ2) is 10.3. The number of carbonyl (C=O) groups is 2. The zero-order valence-corrected chi connectivity index (χ0v) is 20.0. The molecule has 162 valence electrons. The van der Waals surface area contributed by atoms with Gasteiger partial charge in [0.05, 0.1) is 11.9 Å². The van der Waals surface area contributed by atoms with Gasteiger partial charge >= 0.3 is 0 Å². The van der Waals surface area contributed by atoms with Gasteiger partial charge in [-0.05, 0) is 48.9 Å². The lowest BCUT2D eigenvalue weighted by Gasteiger charge is -2.31. The first kappa shape index (κ1) is 24.2. The Morgan fingerprint density at radius 1 is 1.10 bits per heavy atom. The van der Waals surface area contributed by atoms with Crippen LogP contribution in [0.2, 0.25) is 5.02 Å². The number of carbonyl (C=O) groups excluding carboxylic acids is 2. The van der Waals surface area contributed by atoms with Crippen LogP contribution < -0.4 is 9.62 Å². The topological polar surface area (TPSA) is 86.8 Å². The predicted molar refractivity (Wildman–Crippen MR) is 122 cm³/mol. The monoisotopic (exact) mass is 515 g/mol. The lowest BCUT2D eigenvalue weighted by Crippen LogP contribution is -2.50. The maximum atomic E-state index is 13.2. The van der Waals surface area contributed by atoms with Crippen molar-refractivity contribution >= 4 is 55.1 Å². The predicted octanol–water partition coefficient (Wildman–Crippen LogP) is 3.03. The van der Waals surface area contributed by atoms with Gasteiger partial charge in [-0.1, -0.05) is 39.7 Å². The molecule has 7 nitrogen and oxygen atoms in total. The van der Waals surface area contributed by atoms with Crippen molar-refractivity contribution in [3.63, 3.8) is 0 Å². The van der Waals surface area contributed by atoms with Crippen molar-refractivity contribution in [2.45, 2.75) is 19.5 Å². The second-order valence-corrected chi connectivity index (χ2v) is 9.94. The molecule has 2 aromatic rings. The molecule has 30 heavy (non-hydrogen) atoms. The normalized spacial score (nSPS) is 12.2. The number of hydrogen-bond acceptors (Lipinski definition) is 4. The Morgan fingerprint density at radius 2 is 1.67 bits per heavy atom. The minimum Gasteiger partial charge on any atom is -0.357 e. The van der Waals surface area contributed by atoms with Gasteiger partial charge < -0.3 is 10.2 Å². The summed E-state index contributed by atoms with van der Waals surface area (Å²) in [6.07, 6.45) is 1.04. The highest BCUT2D eigenvalue weighted by Crippen LogP contribution is 2.22. The SMILES string of the molecule is CNC(=O)[C@H](C)N(Cc1ccc(Cl)cc1)C(=O)CN(c1ccc(Br)cc1)S(C)(=O)=O. The molecule has 0 aliphatic rings. The van der Waals surface area contributed by atoms with E-state index >= 15 is 0 Å². The van der Waals surface area contributed by atoms with Gasteiger partial charge in [-0.25, -0.2) is 8.42 Å². The number of likely N-dealkylation sites (N-methyl/N-ethyl adjacent to an activating group) is 1. The highest BCUT2D eigenvalue weighted by Gasteiger charge is 2.29. The second-order valence-electron chi connectivity index (χ2n) is 6.68. The van der Waals surface area contributed by atoms with Crippen LogP contribution >= 0.6 is 27.5 Å². The Bertz CT molecular complexity index is 998. The first-order valence-corrected chi connectivity index (χ1v) is 12.0. The molecular weight excluding hydrogens is 494 g/mol. The molecule has 0 unspecified atom stereocenters. The highest BCUT2D eigenvalue weighted by atomic mass is 79.9. The Morgan fingerprint density at radius 3 is 2.17 bits per heavy atom. The zero-order chi connectivity index (χ0) is 22.5. The van der Waals surface area contributed by atoms with Crippen LogP contribution in [0.5, 0.6) is 0 Å². The molecule has 0 aliphatic carbocycles. The largest absolute Gasteiger partial charge is 0.357 e. The van der Waals surface area contributed by atoms with Crippen LogP contribution in [0, 0.1) is 0 Å². The van der Waals surface area contributed by atoms with E-state index in [1.165, 1.54) is 11.9 Å². The highest BCUT2D eigenvalue weighted by molar-refractivity contribution is 9.10. The molecule has 2 amide bonds. The van der Waals surface area contributed by atoms with Gasteiger partial charge in [-0.3, -0.25) is 13.9 Å². The third-order valence-electron chi connectivity index (χ3n) is 4.47. The van der Waals surface area contributed by atoms with Crippen LogP contribution in [0.1, 0.15) is 12.5 Å². The molecule has 0 aromatic heterocycles. The van der Waals surface area contributed by atoms with E-state index in [-0.39, 0.29) is 12.5 Å². The molecule has 2 rings (SSSR count). The molecule has 0 fully saturated rings. The van der Waals surface area contributed by atoms with E-state index in [2.05, 4.69) is 21.2 Å². The third-order valence-corrected chi connectivity index (χ3v) is 6.39. The van der Waals surface area contributed by atoms with Gasteiger partial charge in [0.15, 0.2) is 0 Å². The van der Waals surface area contributed by atoms with Crippen molar-refractivity contribution in [2.75, 3.05) is 24.2 Å². The Balaban J connectivity index is 2.35. The number of sulfonamides is 1. The summed E-state index contributed by atoms with van der Waals surface area (Å²) in [5, 5.41) is 3.08. The van der Waals surface area contributed by atoms with E-state index in [0.717, 1.165) is 20.6 Å². The molecule has 0 radical (unpaired) electrons. The summed E-state index contributed by atoms with van der Waals surface area (Å²) in [6.45, 7) is 1.29. The fourth-order valence-electron chi connectivity index (χ4n) is 2.80. The Kier molecular flexibility index (Phi) is 8.28. The van der Waals surface area contributed by atoms with Gasteiger partial charge in [0.25, 0.3) is 0 Å². The summed E-state index contributed by atoms with van der Waals surface area (Å²) in [5.74, 6) is -0.860. The van der Waals surface area contributed by atoms with Crippen molar-refractivity contribution in [3.8, 4) is 0 Å². The van der Waals surface area contributed by atoms with E-state index in [1.807, 2.05) is 0 Å². The molecule has 10 heteroatoms. The van der Waals surface area contributed by atoms with Crippen molar-refractivity contribution in [1.82, 2.24) is 10.2 Å². The summed E-state index contributed by atoms with van der Waals surface area (Å²) in [7, 11) is -2.26. The maximum Gasteiger partial charge on any atom is 0.244 e. The molecule has 0 saturated carbocycles. The number of halogens is 2. The fourth-order valence-corrected chi connectivity index (χ4v) is 4.04. The molecule has 0 bridgehead atoms. The quantitative estimate of drug-likeness (QED) is 0.584. The summed E-state index contributed by atoms with van der Waals surface area (Å²) < 4.78 is 26.6. The van der Waals surface area contributed by atoms with E-state index in [1.54, 1.807) is 55.5 Å². The van der Waals surface area contributed by atoms with Gasteiger partial charge in [-0.15, -0.1) is 0 Å². The van der Waals surface area contributed by atoms with Crippen molar-refractivity contribution < 1.29 is 18.0 Å². The summed E-state index contributed by atoms with van der Waals surface area (Å²) in [6, 6.07) is 12.7. The minimum atomic E-state index is -3.74. The number of nitrogens with one attached hydrogen (secondary N) is 1. The van der Waals surface area contributed by atoms with Gasteiger partial charge in [0.1, 0.15) is 12.6 Å². The van der Waals surface area contributed by atoms with Crippen LogP contribution in [-0.4, -0.2) is 51.0 Å². The summed E-state index contributed by atoms with van der Waals surface area (Å²) in [4.78, 5) is 26.8. The van der Waals surface area contributed by atoms with Crippen LogP contribution in [0.4, 0.5) is 5.69 Å². The zero-order valence-electron chi connectivity index (χ0n) is 16.8. The first-order valence-electron chi connectivity index (χ1n) is 9.01. The van der Waals surface area contributed by atoms with Crippen LogP contribution in [0.25, 0.3) is 0 Å². The standard InChI is InChI=1S/C20H23BrClN3O4S/c1-14(20(27)23-2)24(12-15-4-8-17(22)9-5-15)19(26)13-25(30(3,28)29)18-10-6-16(21)7-11-18/h4-11,14H,12-13H2,1-3H3,(H,23,27)/t14-/m0/s1. The molecule has 0 aliphatic heterocycles. The minimum absolute atomic E-state index is 0.128.